The van der Waals surface area contributed by atoms with Crippen LogP contribution >= 0.6 is 11.6 Å². The summed E-state index contributed by atoms with van der Waals surface area (Å²) in [5, 5.41) is -0.399. The van der Waals surface area contributed by atoms with Crippen molar-refractivity contribution in [2.24, 2.45) is 0 Å². The number of nitrogens with zero attached hydrogens (tertiary/aromatic N) is 2. The molecule has 1 aromatic carbocycles. The summed E-state index contributed by atoms with van der Waals surface area (Å²) in [6.07, 6.45) is 1.94. The van der Waals surface area contributed by atoms with Crippen LogP contribution in [0.5, 0.6) is 0 Å². The van der Waals surface area contributed by atoms with E-state index in [0.29, 0.717) is 11.3 Å². The average molecular weight is 315 g/mol. The van der Waals surface area contributed by atoms with E-state index in [1.807, 2.05) is 11.5 Å². The highest BCUT2D eigenvalue weighted by molar-refractivity contribution is 6.20. The van der Waals surface area contributed by atoms with E-state index in [4.69, 9.17) is 16.3 Å². The van der Waals surface area contributed by atoms with Gasteiger partial charge in [-0.1, -0.05) is 0 Å². The monoisotopic (exact) mass is 314 g/mol. The predicted octanol–water partition coefficient (Wildman–Crippen LogP) is 4.35. The minimum absolute atomic E-state index is 0.0166. The van der Waals surface area contributed by atoms with Gasteiger partial charge in [-0.2, -0.15) is 0 Å². The molecule has 3 rings (SSSR count). The number of aromatic nitrogens is 2. The molecule has 0 N–H and O–H groups in total. The van der Waals surface area contributed by atoms with Crippen LogP contribution < -0.4 is 0 Å². The smallest absolute Gasteiger partial charge is 0.153 e. The first-order valence-electron chi connectivity index (χ1n) is 7.11. The van der Waals surface area contributed by atoms with Crippen molar-refractivity contribution in [2.75, 3.05) is 6.61 Å². The zero-order chi connectivity index (χ0) is 15.1. The summed E-state index contributed by atoms with van der Waals surface area (Å²) in [6, 6.07) is 2.08. The number of benzene rings is 1. The number of alkyl halides is 1. The van der Waals surface area contributed by atoms with Gasteiger partial charge < -0.3 is 9.30 Å². The molecule has 0 aliphatic carbocycles. The van der Waals surface area contributed by atoms with Crippen molar-refractivity contribution in [3.63, 3.8) is 0 Å². The minimum atomic E-state index is -0.665. The molecular weight excluding hydrogens is 298 g/mol. The summed E-state index contributed by atoms with van der Waals surface area (Å²) < 4.78 is 35.1. The van der Waals surface area contributed by atoms with Crippen LogP contribution in [-0.2, 0) is 4.74 Å². The van der Waals surface area contributed by atoms with Crippen molar-refractivity contribution in [2.45, 2.75) is 44.2 Å². The zero-order valence-electron chi connectivity index (χ0n) is 11.9. The molecule has 2 heterocycles. The van der Waals surface area contributed by atoms with Crippen LogP contribution in [-0.4, -0.2) is 22.3 Å². The van der Waals surface area contributed by atoms with Gasteiger partial charge in [0.1, 0.15) is 17.2 Å². The molecule has 0 amide bonds. The lowest BCUT2D eigenvalue weighted by molar-refractivity contribution is 0.0736. The molecule has 1 aromatic heterocycles. The fourth-order valence-corrected chi connectivity index (χ4v) is 3.15. The summed E-state index contributed by atoms with van der Waals surface area (Å²) in [5.74, 6) is -0.740. The third-order valence-electron chi connectivity index (χ3n) is 4.01. The maximum atomic E-state index is 14.0. The summed E-state index contributed by atoms with van der Waals surface area (Å²) in [4.78, 5) is 4.28. The van der Waals surface area contributed by atoms with E-state index >= 15 is 0 Å². The van der Waals surface area contributed by atoms with E-state index in [1.54, 1.807) is 6.92 Å². The van der Waals surface area contributed by atoms with Crippen LogP contribution in [0.2, 0.25) is 0 Å². The highest BCUT2D eigenvalue weighted by Crippen LogP contribution is 2.33. The Morgan fingerprint density at radius 3 is 2.76 bits per heavy atom. The first-order valence-corrected chi connectivity index (χ1v) is 7.55. The number of ether oxygens (including phenoxy) is 1. The van der Waals surface area contributed by atoms with E-state index in [2.05, 4.69) is 4.98 Å². The first-order chi connectivity index (χ1) is 9.99. The lowest BCUT2D eigenvalue weighted by Crippen LogP contribution is -2.22. The Bertz CT molecular complexity index is 665. The summed E-state index contributed by atoms with van der Waals surface area (Å²) in [7, 11) is 0. The SMILES string of the molecule is CC(Cl)c1nc2c(F)cc(F)cc2n1C(C)C1CCCO1. The molecule has 1 saturated heterocycles. The van der Waals surface area contributed by atoms with Crippen molar-refractivity contribution in [3.05, 3.63) is 29.6 Å². The maximum absolute atomic E-state index is 14.0. The highest BCUT2D eigenvalue weighted by atomic mass is 35.5. The van der Waals surface area contributed by atoms with Crippen LogP contribution in [0.4, 0.5) is 8.78 Å². The quantitative estimate of drug-likeness (QED) is 0.787. The van der Waals surface area contributed by atoms with Gasteiger partial charge in [-0.05, 0) is 32.8 Å². The second kappa shape index (κ2) is 5.54. The molecule has 0 bridgehead atoms. The lowest BCUT2D eigenvalue weighted by atomic mass is 10.1. The van der Waals surface area contributed by atoms with Gasteiger partial charge in [0.25, 0.3) is 0 Å². The molecule has 1 aliphatic rings. The van der Waals surface area contributed by atoms with E-state index in [9.17, 15) is 8.78 Å². The molecule has 3 atom stereocenters. The molecule has 0 spiro atoms. The molecule has 2 aromatic rings. The molecule has 0 saturated carbocycles. The molecule has 0 radical (unpaired) electrons. The van der Waals surface area contributed by atoms with Gasteiger partial charge in [0.2, 0.25) is 0 Å². The molecular formula is C15H17ClF2N2O. The maximum Gasteiger partial charge on any atom is 0.153 e. The van der Waals surface area contributed by atoms with Crippen molar-refractivity contribution >= 4 is 22.6 Å². The summed E-state index contributed by atoms with van der Waals surface area (Å²) >= 11 is 6.18. The Balaban J connectivity index is 2.20. The van der Waals surface area contributed by atoms with Crippen LogP contribution in [0.25, 0.3) is 11.0 Å². The number of halogens is 3. The van der Waals surface area contributed by atoms with Crippen molar-refractivity contribution in [1.82, 2.24) is 9.55 Å². The molecule has 1 aliphatic heterocycles. The van der Waals surface area contributed by atoms with Crippen LogP contribution in [0.1, 0.15) is 43.9 Å². The summed E-state index contributed by atoms with van der Waals surface area (Å²) in [6.45, 7) is 4.47. The van der Waals surface area contributed by atoms with Crippen LogP contribution in [0.3, 0.4) is 0 Å². The molecule has 21 heavy (non-hydrogen) atoms. The number of fused-ring (bicyclic) bond motifs is 1. The van der Waals surface area contributed by atoms with Crippen LogP contribution in [0.15, 0.2) is 12.1 Å². The van der Waals surface area contributed by atoms with Crippen molar-refractivity contribution < 1.29 is 13.5 Å². The molecule has 6 heteroatoms. The van der Waals surface area contributed by atoms with Gasteiger partial charge in [0, 0.05) is 12.7 Å². The van der Waals surface area contributed by atoms with Gasteiger partial charge in [-0.25, -0.2) is 13.8 Å². The second-order valence-corrected chi connectivity index (χ2v) is 6.16. The Morgan fingerprint density at radius 2 is 2.14 bits per heavy atom. The molecule has 3 nitrogen and oxygen atoms in total. The molecule has 1 fully saturated rings. The number of hydrogen-bond donors (Lipinski definition) is 0. The van der Waals surface area contributed by atoms with Gasteiger partial charge in [-0.15, -0.1) is 11.6 Å². The second-order valence-electron chi connectivity index (χ2n) is 5.50. The Hall–Kier alpha value is -1.20. The van der Waals surface area contributed by atoms with E-state index < -0.39 is 17.0 Å². The highest BCUT2D eigenvalue weighted by Gasteiger charge is 2.29. The number of hydrogen-bond acceptors (Lipinski definition) is 2. The molecule has 114 valence electrons. The van der Waals surface area contributed by atoms with Crippen LogP contribution in [0, 0.1) is 11.6 Å². The van der Waals surface area contributed by atoms with Crippen molar-refractivity contribution in [1.29, 1.82) is 0 Å². The normalized spacial score (nSPS) is 21.9. The number of imidazole rings is 1. The Kier molecular flexibility index (Phi) is 3.88. The lowest BCUT2D eigenvalue weighted by Gasteiger charge is -2.23. The largest absolute Gasteiger partial charge is 0.376 e. The predicted molar refractivity (Wildman–Crippen MR) is 77.6 cm³/mol. The van der Waals surface area contributed by atoms with E-state index in [0.717, 1.165) is 25.5 Å². The van der Waals surface area contributed by atoms with Gasteiger partial charge in [0.05, 0.1) is 23.0 Å². The van der Waals surface area contributed by atoms with Gasteiger partial charge in [-0.3, -0.25) is 0 Å². The van der Waals surface area contributed by atoms with E-state index in [1.165, 1.54) is 6.07 Å². The van der Waals surface area contributed by atoms with E-state index in [-0.39, 0.29) is 17.7 Å². The number of rotatable bonds is 3. The average Bonchev–Trinajstić information content (AvgIpc) is 3.04. The minimum Gasteiger partial charge on any atom is -0.376 e. The third-order valence-corrected chi connectivity index (χ3v) is 4.20. The topological polar surface area (TPSA) is 27.1 Å². The Morgan fingerprint density at radius 1 is 1.38 bits per heavy atom. The third kappa shape index (κ3) is 2.53. The Labute approximate surface area is 126 Å². The zero-order valence-corrected chi connectivity index (χ0v) is 12.7. The van der Waals surface area contributed by atoms with Gasteiger partial charge >= 0.3 is 0 Å². The molecule has 3 unspecified atom stereocenters. The fourth-order valence-electron chi connectivity index (χ4n) is 3.00. The summed E-state index contributed by atoms with van der Waals surface area (Å²) in [5.41, 5.74) is 0.585. The fraction of sp³-hybridized carbons (Fsp3) is 0.533. The first kappa shape index (κ1) is 14.7. The standard InChI is InChI=1S/C15H17ClF2N2O/c1-8(16)15-19-14-11(18)6-10(17)7-12(14)20(15)9(2)13-4-3-5-21-13/h6-9,13H,3-5H2,1-2H3. The van der Waals surface area contributed by atoms with Gasteiger partial charge in [0.15, 0.2) is 5.82 Å². The van der Waals surface area contributed by atoms with Crippen molar-refractivity contribution in [3.8, 4) is 0 Å².